The quantitative estimate of drug-likeness (QED) is 0.897. The molecule has 0 spiro atoms. The number of piperidine rings is 1. The van der Waals surface area contributed by atoms with E-state index in [1.165, 1.54) is 0 Å². The van der Waals surface area contributed by atoms with Crippen LogP contribution in [0.25, 0.3) is 0 Å². The van der Waals surface area contributed by atoms with Crippen LogP contribution in [0.3, 0.4) is 0 Å². The summed E-state index contributed by atoms with van der Waals surface area (Å²) in [5, 5.41) is 10.5. The first-order valence-corrected chi connectivity index (χ1v) is 8.69. The zero-order valence-corrected chi connectivity index (χ0v) is 13.6. The van der Waals surface area contributed by atoms with E-state index in [-0.39, 0.29) is 11.8 Å². The Bertz CT molecular complexity index is 646. The van der Waals surface area contributed by atoms with Crippen molar-refractivity contribution < 1.29 is 27.9 Å². The number of hydrogen-bond donors (Lipinski definition) is 1. The first-order valence-electron chi connectivity index (χ1n) is 7.81. The van der Waals surface area contributed by atoms with Crippen molar-refractivity contribution in [2.75, 3.05) is 13.1 Å². The Morgan fingerprint density at radius 1 is 1.25 bits per heavy atom. The Hall–Kier alpha value is -1.64. The van der Waals surface area contributed by atoms with Crippen molar-refractivity contribution in [3.05, 3.63) is 16.1 Å². The molecule has 1 N–H and O–H groups in total. The zero-order chi connectivity index (χ0) is 17.5. The molecule has 2 heterocycles. The summed E-state index contributed by atoms with van der Waals surface area (Å²) in [6.07, 6.45) is -2.03. The lowest BCUT2D eigenvalue weighted by atomic mass is 9.72. The van der Waals surface area contributed by atoms with Gasteiger partial charge in [0.1, 0.15) is 0 Å². The van der Waals surface area contributed by atoms with Crippen molar-refractivity contribution in [3.63, 3.8) is 0 Å². The van der Waals surface area contributed by atoms with E-state index in [9.17, 15) is 22.8 Å². The number of likely N-dealkylation sites (tertiary alicyclic amines) is 1. The predicted octanol–water partition coefficient (Wildman–Crippen LogP) is 2.98. The number of aromatic nitrogens is 1. The van der Waals surface area contributed by atoms with Crippen molar-refractivity contribution in [2.45, 2.75) is 37.8 Å². The van der Waals surface area contributed by atoms with Gasteiger partial charge < -0.3 is 10.0 Å². The summed E-state index contributed by atoms with van der Waals surface area (Å²) in [6, 6.07) is 0. The van der Waals surface area contributed by atoms with Gasteiger partial charge in [-0.1, -0.05) is 0 Å². The van der Waals surface area contributed by atoms with Gasteiger partial charge in [-0.05, 0) is 25.7 Å². The molecule has 0 aromatic carbocycles. The van der Waals surface area contributed by atoms with E-state index in [4.69, 9.17) is 5.11 Å². The van der Waals surface area contributed by atoms with Crippen LogP contribution in [0.5, 0.6) is 0 Å². The molecule has 5 nitrogen and oxygen atoms in total. The molecule has 0 bridgehead atoms. The first kappa shape index (κ1) is 17.2. The number of carbonyl (C=O) groups excluding carboxylic acids is 1. The third kappa shape index (κ3) is 3.26. The lowest BCUT2D eigenvalue weighted by molar-refractivity contribution is -0.157. The van der Waals surface area contributed by atoms with Crippen LogP contribution < -0.4 is 0 Å². The highest BCUT2D eigenvalue weighted by molar-refractivity contribution is 7.09. The molecule has 1 saturated carbocycles. The van der Waals surface area contributed by atoms with Crippen LogP contribution in [0, 0.1) is 11.8 Å². The van der Waals surface area contributed by atoms with Crippen LogP contribution in [0.2, 0.25) is 0 Å². The Kier molecular flexibility index (Phi) is 4.54. The average molecular weight is 362 g/mol. The molecule has 24 heavy (non-hydrogen) atoms. The molecule has 1 aromatic heterocycles. The summed E-state index contributed by atoms with van der Waals surface area (Å²) in [6.45, 7) is 0.835. The number of aliphatic carboxylic acids is 1. The van der Waals surface area contributed by atoms with Crippen molar-refractivity contribution in [3.8, 4) is 0 Å². The number of nitrogens with zero attached hydrogens (tertiary/aromatic N) is 2. The number of halogens is 3. The van der Waals surface area contributed by atoms with Crippen molar-refractivity contribution in [1.82, 2.24) is 9.88 Å². The highest BCUT2D eigenvalue weighted by Gasteiger charge is 2.44. The molecule has 2 aliphatic rings. The SMILES string of the molecule is O=C(O)C1CCC1C(=O)N1CCCC(c2nc(C(F)(F)F)cs2)C1. The smallest absolute Gasteiger partial charge is 0.434 e. The van der Waals surface area contributed by atoms with Crippen LogP contribution in [0.15, 0.2) is 5.38 Å². The van der Waals surface area contributed by atoms with Gasteiger partial charge in [0.05, 0.1) is 16.8 Å². The van der Waals surface area contributed by atoms with Crippen molar-refractivity contribution in [1.29, 1.82) is 0 Å². The topological polar surface area (TPSA) is 70.5 Å². The van der Waals surface area contributed by atoms with Crippen LogP contribution in [0.4, 0.5) is 13.2 Å². The molecule has 3 unspecified atom stereocenters. The monoisotopic (exact) mass is 362 g/mol. The standard InChI is InChI=1S/C15H17F3N2O3S/c16-15(17,18)11-7-24-12(19-11)8-2-1-5-20(6-8)13(21)9-3-4-10(9)14(22)23/h7-10H,1-6H2,(H,22,23). The maximum atomic E-state index is 12.7. The summed E-state index contributed by atoms with van der Waals surface area (Å²) in [5.74, 6) is -2.49. The molecule has 3 rings (SSSR count). The minimum atomic E-state index is -4.46. The van der Waals surface area contributed by atoms with E-state index in [0.29, 0.717) is 43.8 Å². The summed E-state index contributed by atoms with van der Waals surface area (Å²) in [7, 11) is 0. The summed E-state index contributed by atoms with van der Waals surface area (Å²) >= 11 is 0.967. The Balaban J connectivity index is 1.67. The molecule has 1 saturated heterocycles. The molecule has 1 aliphatic carbocycles. The molecule has 1 amide bonds. The fourth-order valence-electron chi connectivity index (χ4n) is 3.31. The number of carboxylic acids is 1. The molecule has 1 aliphatic heterocycles. The minimum Gasteiger partial charge on any atom is -0.481 e. The predicted molar refractivity (Wildman–Crippen MR) is 79.5 cm³/mol. The third-order valence-corrected chi connectivity index (χ3v) is 5.81. The van der Waals surface area contributed by atoms with Gasteiger partial charge >= 0.3 is 12.1 Å². The Morgan fingerprint density at radius 2 is 1.96 bits per heavy atom. The number of carboxylic acid groups (broad SMARTS) is 1. The number of rotatable bonds is 3. The van der Waals surface area contributed by atoms with E-state index in [1.54, 1.807) is 4.90 Å². The number of carbonyl (C=O) groups is 2. The molecule has 3 atom stereocenters. The van der Waals surface area contributed by atoms with Crippen molar-refractivity contribution in [2.24, 2.45) is 11.8 Å². The van der Waals surface area contributed by atoms with E-state index in [1.807, 2.05) is 0 Å². The molecule has 9 heteroatoms. The van der Waals surface area contributed by atoms with Gasteiger partial charge in [0.15, 0.2) is 5.69 Å². The minimum absolute atomic E-state index is 0.189. The van der Waals surface area contributed by atoms with Crippen LogP contribution in [-0.2, 0) is 15.8 Å². The van der Waals surface area contributed by atoms with E-state index in [0.717, 1.165) is 16.7 Å². The Labute approximate surface area is 140 Å². The van der Waals surface area contributed by atoms with Crippen molar-refractivity contribution >= 4 is 23.2 Å². The normalized spacial score (nSPS) is 27.6. The fraction of sp³-hybridized carbons (Fsp3) is 0.667. The fourth-order valence-corrected chi connectivity index (χ4v) is 4.26. The number of hydrogen-bond acceptors (Lipinski definition) is 4. The lowest BCUT2D eigenvalue weighted by Crippen LogP contribution is -2.48. The number of alkyl halides is 3. The number of amides is 1. The van der Waals surface area contributed by atoms with Gasteiger partial charge in [-0.2, -0.15) is 13.2 Å². The van der Waals surface area contributed by atoms with E-state index >= 15 is 0 Å². The molecule has 1 aromatic rings. The van der Waals surface area contributed by atoms with Gasteiger partial charge in [-0.25, -0.2) is 4.98 Å². The molecule has 2 fully saturated rings. The third-order valence-electron chi connectivity index (χ3n) is 4.80. The van der Waals surface area contributed by atoms with Gasteiger partial charge in [-0.15, -0.1) is 11.3 Å². The average Bonchev–Trinajstić information content (AvgIpc) is 2.95. The highest BCUT2D eigenvalue weighted by Crippen LogP contribution is 2.39. The second-order valence-electron chi connectivity index (χ2n) is 6.32. The molecule has 132 valence electrons. The maximum absolute atomic E-state index is 12.7. The molecular formula is C15H17F3N2O3S. The Morgan fingerprint density at radius 3 is 2.50 bits per heavy atom. The first-order chi connectivity index (χ1) is 11.3. The second-order valence-corrected chi connectivity index (χ2v) is 7.21. The zero-order valence-electron chi connectivity index (χ0n) is 12.8. The second kappa shape index (κ2) is 6.34. The summed E-state index contributed by atoms with van der Waals surface area (Å²) in [4.78, 5) is 28.9. The van der Waals surface area contributed by atoms with Gasteiger partial charge in [0, 0.05) is 24.4 Å². The summed E-state index contributed by atoms with van der Waals surface area (Å²) < 4.78 is 38.0. The highest BCUT2D eigenvalue weighted by atomic mass is 32.1. The maximum Gasteiger partial charge on any atom is 0.434 e. The largest absolute Gasteiger partial charge is 0.481 e. The van der Waals surface area contributed by atoms with E-state index in [2.05, 4.69) is 4.98 Å². The summed E-state index contributed by atoms with van der Waals surface area (Å²) in [5.41, 5.74) is -0.893. The van der Waals surface area contributed by atoms with Crippen LogP contribution in [0.1, 0.15) is 42.3 Å². The lowest BCUT2D eigenvalue weighted by Gasteiger charge is -2.39. The van der Waals surface area contributed by atoms with E-state index < -0.39 is 29.7 Å². The molecular weight excluding hydrogens is 345 g/mol. The van der Waals surface area contributed by atoms with Gasteiger partial charge in [0.2, 0.25) is 5.91 Å². The van der Waals surface area contributed by atoms with Crippen LogP contribution >= 0.6 is 11.3 Å². The van der Waals surface area contributed by atoms with Gasteiger partial charge in [0.25, 0.3) is 0 Å². The van der Waals surface area contributed by atoms with Crippen LogP contribution in [-0.4, -0.2) is 40.0 Å². The number of thiazole rings is 1. The van der Waals surface area contributed by atoms with Gasteiger partial charge in [-0.3, -0.25) is 9.59 Å². The molecule has 0 radical (unpaired) electrons.